The average molecular weight is 271 g/mol. The highest BCUT2D eigenvalue weighted by Gasteiger charge is 2.50. The van der Waals surface area contributed by atoms with E-state index < -0.39 is 0 Å². The SMILES string of the molecule is C[C@@]12CCC[C@H]1C1=C(CC2)[C@@]2(C)C=CC(N)CC2CC1. The molecule has 0 radical (unpaired) electrons. The third kappa shape index (κ3) is 1.65. The molecule has 1 nitrogen and oxygen atoms in total. The summed E-state index contributed by atoms with van der Waals surface area (Å²) in [5.74, 6) is 1.71. The molecule has 2 unspecified atom stereocenters. The minimum Gasteiger partial charge on any atom is -0.324 e. The topological polar surface area (TPSA) is 26.0 Å². The van der Waals surface area contributed by atoms with Gasteiger partial charge in [0.1, 0.15) is 0 Å². The quantitative estimate of drug-likeness (QED) is 0.641. The van der Waals surface area contributed by atoms with Crippen molar-refractivity contribution in [3.63, 3.8) is 0 Å². The van der Waals surface area contributed by atoms with Gasteiger partial charge >= 0.3 is 0 Å². The van der Waals surface area contributed by atoms with Crippen LogP contribution < -0.4 is 5.73 Å². The van der Waals surface area contributed by atoms with Crippen LogP contribution in [0.5, 0.6) is 0 Å². The zero-order valence-corrected chi connectivity index (χ0v) is 13.1. The Morgan fingerprint density at radius 2 is 2.00 bits per heavy atom. The Kier molecular flexibility index (Phi) is 2.77. The molecule has 0 saturated heterocycles. The van der Waals surface area contributed by atoms with Crippen molar-refractivity contribution >= 4 is 0 Å². The summed E-state index contributed by atoms with van der Waals surface area (Å²) in [6.45, 7) is 5.07. The molecule has 5 atom stereocenters. The normalized spacial score (nSPS) is 50.6. The molecule has 0 aromatic carbocycles. The van der Waals surface area contributed by atoms with Gasteiger partial charge in [0.15, 0.2) is 0 Å². The van der Waals surface area contributed by atoms with Crippen molar-refractivity contribution in [3.8, 4) is 0 Å². The van der Waals surface area contributed by atoms with Crippen molar-refractivity contribution in [1.29, 1.82) is 0 Å². The molecule has 1 fully saturated rings. The molecule has 0 spiro atoms. The standard InChI is InChI=1S/C19H29N/c1-18-9-3-4-16(18)15-6-5-13-12-14(20)7-11-19(13,2)17(15)8-10-18/h7,11,13-14,16H,3-6,8-10,12,20H2,1-2H3/t13?,14?,16-,18-,19-/m0/s1. The van der Waals surface area contributed by atoms with E-state index in [0.717, 1.165) is 11.8 Å². The van der Waals surface area contributed by atoms with E-state index in [4.69, 9.17) is 5.73 Å². The first-order valence-corrected chi connectivity index (χ1v) is 8.70. The van der Waals surface area contributed by atoms with Crippen LogP contribution in [0.1, 0.15) is 65.2 Å². The van der Waals surface area contributed by atoms with Gasteiger partial charge in [-0.25, -0.2) is 0 Å². The van der Waals surface area contributed by atoms with Crippen molar-refractivity contribution in [2.75, 3.05) is 0 Å². The third-order valence-electron chi connectivity index (χ3n) is 7.34. The monoisotopic (exact) mass is 271 g/mol. The van der Waals surface area contributed by atoms with Gasteiger partial charge in [-0.3, -0.25) is 0 Å². The Hall–Kier alpha value is -0.560. The predicted octanol–water partition coefficient (Wildman–Crippen LogP) is 4.59. The van der Waals surface area contributed by atoms with E-state index in [0.29, 0.717) is 16.9 Å². The van der Waals surface area contributed by atoms with Crippen LogP contribution >= 0.6 is 0 Å². The molecule has 110 valence electrons. The summed E-state index contributed by atoms with van der Waals surface area (Å²) >= 11 is 0. The Morgan fingerprint density at radius 1 is 1.15 bits per heavy atom. The van der Waals surface area contributed by atoms with Crippen LogP contribution in [0.15, 0.2) is 23.3 Å². The fraction of sp³-hybridized carbons (Fsp3) is 0.789. The van der Waals surface area contributed by atoms with Crippen LogP contribution in [-0.2, 0) is 0 Å². The van der Waals surface area contributed by atoms with E-state index in [-0.39, 0.29) is 0 Å². The predicted molar refractivity (Wildman–Crippen MR) is 84.3 cm³/mol. The maximum Gasteiger partial charge on any atom is 0.0227 e. The summed E-state index contributed by atoms with van der Waals surface area (Å²) in [5, 5.41) is 0. The second-order valence-corrected chi connectivity index (χ2v) is 8.38. The zero-order valence-electron chi connectivity index (χ0n) is 13.1. The summed E-state index contributed by atoms with van der Waals surface area (Å²) in [5.41, 5.74) is 10.9. The smallest absolute Gasteiger partial charge is 0.0227 e. The number of allylic oxidation sites excluding steroid dienone is 3. The molecular formula is C19H29N. The van der Waals surface area contributed by atoms with Gasteiger partial charge in [-0.05, 0) is 62.2 Å². The number of rotatable bonds is 0. The highest BCUT2D eigenvalue weighted by Crippen LogP contribution is 2.62. The third-order valence-corrected chi connectivity index (χ3v) is 7.34. The Bertz CT molecular complexity index is 488. The minimum atomic E-state index is 0.301. The summed E-state index contributed by atoms with van der Waals surface area (Å²) in [6.07, 6.45) is 15.9. The number of fused-ring (bicyclic) bond motifs is 4. The molecule has 0 bridgehead atoms. The molecule has 1 saturated carbocycles. The molecule has 4 aliphatic rings. The van der Waals surface area contributed by atoms with Gasteiger partial charge in [0.2, 0.25) is 0 Å². The van der Waals surface area contributed by atoms with E-state index in [1.165, 1.54) is 51.4 Å². The van der Waals surface area contributed by atoms with Crippen molar-refractivity contribution in [2.24, 2.45) is 28.4 Å². The maximum absolute atomic E-state index is 6.17. The van der Waals surface area contributed by atoms with E-state index in [2.05, 4.69) is 26.0 Å². The maximum atomic E-state index is 6.17. The Balaban J connectivity index is 1.78. The van der Waals surface area contributed by atoms with Crippen molar-refractivity contribution in [3.05, 3.63) is 23.3 Å². The average Bonchev–Trinajstić information content (AvgIpc) is 2.81. The number of hydrogen-bond donors (Lipinski definition) is 1. The van der Waals surface area contributed by atoms with Gasteiger partial charge in [-0.15, -0.1) is 0 Å². The fourth-order valence-electron chi connectivity index (χ4n) is 6.05. The molecule has 0 heterocycles. The first kappa shape index (κ1) is 13.1. The van der Waals surface area contributed by atoms with Gasteiger partial charge in [0.05, 0.1) is 0 Å². The minimum absolute atomic E-state index is 0.301. The summed E-state index contributed by atoms with van der Waals surface area (Å²) in [7, 11) is 0. The van der Waals surface area contributed by atoms with Crippen LogP contribution in [0.25, 0.3) is 0 Å². The fourth-order valence-corrected chi connectivity index (χ4v) is 6.05. The molecule has 0 aliphatic heterocycles. The van der Waals surface area contributed by atoms with Crippen LogP contribution in [-0.4, -0.2) is 6.04 Å². The van der Waals surface area contributed by atoms with Crippen molar-refractivity contribution in [2.45, 2.75) is 71.3 Å². The van der Waals surface area contributed by atoms with Gasteiger partial charge in [0.25, 0.3) is 0 Å². The van der Waals surface area contributed by atoms with Crippen LogP contribution in [0.3, 0.4) is 0 Å². The van der Waals surface area contributed by atoms with E-state index in [1.807, 2.05) is 11.1 Å². The van der Waals surface area contributed by atoms with Crippen molar-refractivity contribution < 1.29 is 0 Å². The largest absolute Gasteiger partial charge is 0.324 e. The lowest BCUT2D eigenvalue weighted by molar-refractivity contribution is 0.154. The molecule has 2 N–H and O–H groups in total. The number of hydrogen-bond acceptors (Lipinski definition) is 1. The highest BCUT2D eigenvalue weighted by atomic mass is 14.6. The zero-order chi connectivity index (χ0) is 14.0. The molecular weight excluding hydrogens is 242 g/mol. The molecule has 1 heteroatoms. The lowest BCUT2D eigenvalue weighted by Crippen LogP contribution is -2.43. The first-order valence-electron chi connectivity index (χ1n) is 8.70. The molecule has 0 aromatic heterocycles. The van der Waals surface area contributed by atoms with Crippen molar-refractivity contribution in [1.82, 2.24) is 0 Å². The lowest BCUT2D eigenvalue weighted by Gasteiger charge is -2.52. The van der Waals surface area contributed by atoms with E-state index in [1.54, 1.807) is 0 Å². The Labute approximate surface area is 123 Å². The van der Waals surface area contributed by atoms with Gasteiger partial charge in [-0.1, -0.05) is 43.6 Å². The number of nitrogens with two attached hydrogens (primary N) is 1. The summed E-state index contributed by atoms with van der Waals surface area (Å²) < 4.78 is 0. The summed E-state index contributed by atoms with van der Waals surface area (Å²) in [4.78, 5) is 0. The second kappa shape index (κ2) is 4.22. The van der Waals surface area contributed by atoms with E-state index in [9.17, 15) is 0 Å². The molecule has 0 amide bonds. The molecule has 4 aliphatic carbocycles. The van der Waals surface area contributed by atoms with Crippen LogP contribution in [0.2, 0.25) is 0 Å². The second-order valence-electron chi connectivity index (χ2n) is 8.38. The Morgan fingerprint density at radius 3 is 2.85 bits per heavy atom. The molecule has 0 aromatic rings. The molecule has 4 rings (SSSR count). The van der Waals surface area contributed by atoms with Gasteiger partial charge in [-0.2, -0.15) is 0 Å². The van der Waals surface area contributed by atoms with Gasteiger partial charge < -0.3 is 5.73 Å². The van der Waals surface area contributed by atoms with Gasteiger partial charge in [0, 0.05) is 11.5 Å². The lowest BCUT2D eigenvalue weighted by atomic mass is 9.53. The first-order chi connectivity index (χ1) is 9.53. The van der Waals surface area contributed by atoms with Crippen LogP contribution in [0.4, 0.5) is 0 Å². The van der Waals surface area contributed by atoms with Crippen LogP contribution in [0, 0.1) is 22.7 Å². The van der Waals surface area contributed by atoms with E-state index >= 15 is 0 Å². The molecule has 20 heavy (non-hydrogen) atoms. The highest BCUT2D eigenvalue weighted by molar-refractivity contribution is 5.38. The summed E-state index contributed by atoms with van der Waals surface area (Å²) in [6, 6.07) is 0.301.